The van der Waals surface area contributed by atoms with E-state index in [1.54, 1.807) is 30.3 Å². The fourth-order valence-electron chi connectivity index (χ4n) is 3.40. The summed E-state index contributed by atoms with van der Waals surface area (Å²) in [6.45, 7) is 4.70. The average Bonchev–Trinajstić information content (AvgIpc) is 2.45. The molecule has 0 bridgehead atoms. The van der Waals surface area contributed by atoms with Gasteiger partial charge >= 0.3 is 0 Å². The average molecular weight is 293 g/mol. The van der Waals surface area contributed by atoms with E-state index in [0.717, 1.165) is 18.3 Å². The van der Waals surface area contributed by atoms with Crippen molar-refractivity contribution in [3.8, 4) is 0 Å². The first kappa shape index (κ1) is 15.8. The molecule has 0 radical (unpaired) electrons. The first-order valence-electron chi connectivity index (χ1n) is 8.38. The SMILES string of the molecule is CC(C)CC[SiH]1CCC(CCc2ccc(F)cc2)CC1. The zero-order valence-electron chi connectivity index (χ0n) is 13.1. The van der Waals surface area contributed by atoms with Crippen LogP contribution in [-0.2, 0) is 6.42 Å². The van der Waals surface area contributed by atoms with Crippen LogP contribution in [0, 0.1) is 17.7 Å². The highest BCUT2D eigenvalue weighted by Gasteiger charge is 2.21. The molecule has 0 amide bonds. The minimum Gasteiger partial charge on any atom is -0.207 e. The predicted octanol–water partition coefficient (Wildman–Crippen LogP) is 5.44. The van der Waals surface area contributed by atoms with Crippen molar-refractivity contribution >= 4 is 8.80 Å². The van der Waals surface area contributed by atoms with E-state index in [-0.39, 0.29) is 14.6 Å². The fraction of sp³-hybridized carbons (Fsp3) is 0.667. The molecule has 0 aromatic heterocycles. The van der Waals surface area contributed by atoms with Gasteiger partial charge < -0.3 is 0 Å². The maximum atomic E-state index is 12.9. The van der Waals surface area contributed by atoms with Crippen LogP contribution in [0.2, 0.25) is 18.1 Å². The van der Waals surface area contributed by atoms with Crippen LogP contribution < -0.4 is 0 Å². The maximum Gasteiger partial charge on any atom is 0.123 e. The normalized spacial score (nSPS) is 23.2. The molecule has 0 nitrogen and oxygen atoms in total. The molecule has 1 aliphatic heterocycles. The zero-order valence-corrected chi connectivity index (χ0v) is 14.2. The lowest BCUT2D eigenvalue weighted by Gasteiger charge is -2.28. The summed E-state index contributed by atoms with van der Waals surface area (Å²) in [4.78, 5) is 0. The molecule has 20 heavy (non-hydrogen) atoms. The standard InChI is InChI=1S/C18H29FSi/c1-15(2)9-12-20-13-10-17(11-14-20)4-3-16-5-7-18(19)8-6-16/h5-8,15,17,20H,3-4,9-14H2,1-2H3. The molecule has 1 aliphatic rings. The first-order valence-corrected chi connectivity index (χ1v) is 10.8. The molecule has 2 rings (SSSR count). The monoisotopic (exact) mass is 292 g/mol. The highest BCUT2D eigenvalue weighted by Crippen LogP contribution is 2.31. The van der Waals surface area contributed by atoms with Gasteiger partial charge in [0, 0.05) is 8.80 Å². The molecule has 112 valence electrons. The van der Waals surface area contributed by atoms with Gasteiger partial charge in [-0.2, -0.15) is 0 Å². The van der Waals surface area contributed by atoms with Crippen molar-refractivity contribution in [3.63, 3.8) is 0 Å². The molecule has 0 N–H and O–H groups in total. The molecule has 0 saturated carbocycles. The zero-order chi connectivity index (χ0) is 14.4. The molecule has 0 unspecified atom stereocenters. The summed E-state index contributed by atoms with van der Waals surface area (Å²) < 4.78 is 12.9. The summed E-state index contributed by atoms with van der Waals surface area (Å²) >= 11 is 0. The van der Waals surface area contributed by atoms with Gasteiger partial charge in [0.1, 0.15) is 5.82 Å². The number of aryl methyl sites for hydroxylation is 1. The lowest BCUT2D eigenvalue weighted by molar-refractivity contribution is 0.436. The summed E-state index contributed by atoms with van der Waals surface area (Å²) in [6, 6.07) is 11.8. The smallest absolute Gasteiger partial charge is 0.123 e. The molecule has 1 saturated heterocycles. The third kappa shape index (κ3) is 5.39. The highest BCUT2D eigenvalue weighted by atomic mass is 28.3. The topological polar surface area (TPSA) is 0 Å². The van der Waals surface area contributed by atoms with Crippen LogP contribution in [0.15, 0.2) is 24.3 Å². The molecular formula is C18H29FSi. The third-order valence-corrected chi connectivity index (χ3v) is 8.32. The Morgan fingerprint density at radius 2 is 1.80 bits per heavy atom. The molecule has 0 spiro atoms. The van der Waals surface area contributed by atoms with Crippen molar-refractivity contribution in [2.75, 3.05) is 0 Å². The van der Waals surface area contributed by atoms with Gasteiger partial charge in [-0.05, 0) is 42.4 Å². The van der Waals surface area contributed by atoms with E-state index in [1.807, 2.05) is 12.1 Å². The Balaban J connectivity index is 1.65. The second kappa shape index (κ2) is 7.97. The Kier molecular flexibility index (Phi) is 6.27. The molecule has 1 heterocycles. The number of hydrogen-bond donors (Lipinski definition) is 0. The number of hydrogen-bond acceptors (Lipinski definition) is 0. The Hall–Kier alpha value is -0.633. The van der Waals surface area contributed by atoms with Crippen LogP contribution >= 0.6 is 0 Å². The van der Waals surface area contributed by atoms with Crippen molar-refractivity contribution in [2.45, 2.75) is 64.1 Å². The molecule has 1 aromatic rings. The summed E-state index contributed by atoms with van der Waals surface area (Å²) in [6.07, 6.45) is 6.82. The van der Waals surface area contributed by atoms with Crippen LogP contribution in [0.5, 0.6) is 0 Å². The van der Waals surface area contributed by atoms with Gasteiger partial charge in [0.15, 0.2) is 0 Å². The van der Waals surface area contributed by atoms with E-state index in [4.69, 9.17) is 0 Å². The van der Waals surface area contributed by atoms with Gasteiger partial charge in [0.05, 0.1) is 0 Å². The molecule has 1 fully saturated rings. The van der Waals surface area contributed by atoms with E-state index in [0.29, 0.717) is 0 Å². The largest absolute Gasteiger partial charge is 0.207 e. The Morgan fingerprint density at radius 1 is 1.15 bits per heavy atom. The van der Waals surface area contributed by atoms with Gasteiger partial charge in [-0.1, -0.05) is 63.4 Å². The summed E-state index contributed by atoms with van der Waals surface area (Å²) in [5.41, 5.74) is 1.30. The molecule has 1 aromatic carbocycles. The number of halogens is 1. The lowest BCUT2D eigenvalue weighted by atomic mass is 9.94. The number of rotatable bonds is 6. The molecule has 0 aliphatic carbocycles. The van der Waals surface area contributed by atoms with Gasteiger partial charge in [-0.15, -0.1) is 0 Å². The van der Waals surface area contributed by atoms with Crippen LogP contribution in [0.3, 0.4) is 0 Å². The van der Waals surface area contributed by atoms with Crippen molar-refractivity contribution in [1.29, 1.82) is 0 Å². The van der Waals surface area contributed by atoms with Crippen molar-refractivity contribution < 1.29 is 4.39 Å². The van der Waals surface area contributed by atoms with Crippen molar-refractivity contribution in [3.05, 3.63) is 35.6 Å². The Labute approximate surface area is 125 Å². The quantitative estimate of drug-likeness (QED) is 0.612. The Morgan fingerprint density at radius 3 is 2.40 bits per heavy atom. The van der Waals surface area contributed by atoms with E-state index < -0.39 is 0 Å². The minimum atomic E-state index is -0.376. The minimum absolute atomic E-state index is 0.120. The lowest BCUT2D eigenvalue weighted by Crippen LogP contribution is -2.22. The molecule has 2 heteroatoms. The van der Waals surface area contributed by atoms with Gasteiger partial charge in [-0.3, -0.25) is 0 Å². The summed E-state index contributed by atoms with van der Waals surface area (Å²) in [7, 11) is -0.376. The fourth-order valence-corrected chi connectivity index (χ4v) is 7.29. The first-order chi connectivity index (χ1) is 9.63. The summed E-state index contributed by atoms with van der Waals surface area (Å²) in [5.74, 6) is 1.70. The van der Waals surface area contributed by atoms with Crippen molar-refractivity contribution in [2.24, 2.45) is 11.8 Å². The molecule has 0 atom stereocenters. The summed E-state index contributed by atoms with van der Waals surface area (Å²) in [5, 5.41) is 0. The van der Waals surface area contributed by atoms with Crippen LogP contribution in [0.4, 0.5) is 4.39 Å². The van der Waals surface area contributed by atoms with Gasteiger partial charge in [0.2, 0.25) is 0 Å². The predicted molar refractivity (Wildman–Crippen MR) is 88.5 cm³/mol. The van der Waals surface area contributed by atoms with E-state index in [9.17, 15) is 4.39 Å². The molecular weight excluding hydrogens is 263 g/mol. The maximum absolute atomic E-state index is 12.9. The highest BCUT2D eigenvalue weighted by molar-refractivity contribution is 6.58. The van der Waals surface area contributed by atoms with Crippen LogP contribution in [0.25, 0.3) is 0 Å². The second-order valence-corrected chi connectivity index (χ2v) is 10.5. The Bertz CT molecular complexity index is 377. The third-order valence-electron chi connectivity index (χ3n) is 4.87. The van der Waals surface area contributed by atoms with E-state index >= 15 is 0 Å². The second-order valence-electron chi connectivity index (χ2n) is 7.02. The van der Waals surface area contributed by atoms with E-state index in [2.05, 4.69) is 13.8 Å². The number of benzene rings is 1. The van der Waals surface area contributed by atoms with Gasteiger partial charge in [0.25, 0.3) is 0 Å². The van der Waals surface area contributed by atoms with Crippen molar-refractivity contribution in [1.82, 2.24) is 0 Å². The van der Waals surface area contributed by atoms with E-state index in [1.165, 1.54) is 31.2 Å². The van der Waals surface area contributed by atoms with Crippen LogP contribution in [0.1, 0.15) is 45.1 Å². The van der Waals surface area contributed by atoms with Crippen LogP contribution in [-0.4, -0.2) is 8.80 Å². The van der Waals surface area contributed by atoms with Gasteiger partial charge in [-0.25, -0.2) is 4.39 Å².